The number of nitrogens with one attached hydrogen (secondary N) is 1. The van der Waals surface area contributed by atoms with Crippen LogP contribution in [0, 0.1) is 5.92 Å². The first kappa shape index (κ1) is 13.9. The van der Waals surface area contributed by atoms with Crippen LogP contribution in [0.4, 0.5) is 5.69 Å². The third kappa shape index (κ3) is 3.47. The fraction of sp³-hybridized carbons (Fsp3) is 0.429. The van der Waals surface area contributed by atoms with Crippen molar-refractivity contribution >= 4 is 29.1 Å². The summed E-state index contributed by atoms with van der Waals surface area (Å²) < 4.78 is 0. The molecular weight excluding hydrogens is 264 g/mol. The van der Waals surface area contributed by atoms with Crippen molar-refractivity contribution in [1.29, 1.82) is 0 Å². The predicted octanol–water partition coefficient (Wildman–Crippen LogP) is 2.48. The second kappa shape index (κ2) is 6.57. The molecule has 0 radical (unpaired) electrons. The molecule has 102 valence electrons. The third-order valence-electron chi connectivity index (χ3n) is 3.33. The van der Waals surface area contributed by atoms with Gasteiger partial charge >= 0.3 is 0 Å². The number of rotatable bonds is 3. The summed E-state index contributed by atoms with van der Waals surface area (Å²) in [6.07, 6.45) is 3.94. The van der Waals surface area contributed by atoms with Crippen LogP contribution >= 0.6 is 11.6 Å². The zero-order chi connectivity index (χ0) is 13.7. The lowest BCUT2D eigenvalue weighted by atomic mass is 10.1. The minimum absolute atomic E-state index is 0.00865. The SMILES string of the molecule is O=C(NN(C(=O)CCl)c1ccccc1)C1CCCC1. The maximum atomic E-state index is 12.1. The van der Waals surface area contributed by atoms with E-state index in [9.17, 15) is 9.59 Å². The minimum atomic E-state index is -0.334. The van der Waals surface area contributed by atoms with Gasteiger partial charge in [-0.1, -0.05) is 31.0 Å². The number of carbonyl (C=O) groups excluding carboxylic acids is 2. The highest BCUT2D eigenvalue weighted by Crippen LogP contribution is 2.25. The molecule has 5 heteroatoms. The molecule has 2 amide bonds. The summed E-state index contributed by atoms with van der Waals surface area (Å²) in [6, 6.07) is 9.00. The molecule has 1 aromatic rings. The molecule has 0 bridgehead atoms. The molecule has 19 heavy (non-hydrogen) atoms. The van der Waals surface area contributed by atoms with E-state index in [1.807, 2.05) is 18.2 Å². The van der Waals surface area contributed by atoms with Crippen molar-refractivity contribution in [3.63, 3.8) is 0 Å². The van der Waals surface area contributed by atoms with Crippen molar-refractivity contribution in [1.82, 2.24) is 5.43 Å². The van der Waals surface area contributed by atoms with Crippen molar-refractivity contribution in [2.24, 2.45) is 5.92 Å². The van der Waals surface area contributed by atoms with E-state index in [0.717, 1.165) is 25.7 Å². The normalized spacial score (nSPS) is 15.2. The summed E-state index contributed by atoms with van der Waals surface area (Å²) >= 11 is 5.60. The van der Waals surface area contributed by atoms with Gasteiger partial charge in [0.1, 0.15) is 5.88 Å². The Morgan fingerprint density at radius 1 is 1.21 bits per heavy atom. The molecule has 2 rings (SSSR count). The standard InChI is InChI=1S/C14H17ClN2O2/c15-10-13(18)17(12-8-2-1-3-9-12)16-14(19)11-6-4-5-7-11/h1-3,8-9,11H,4-7,10H2,(H,16,19). The van der Waals surface area contributed by atoms with Gasteiger partial charge in [-0.25, -0.2) is 5.01 Å². The van der Waals surface area contributed by atoms with E-state index in [2.05, 4.69) is 5.43 Å². The molecule has 0 aliphatic heterocycles. The first-order valence-corrected chi connectivity index (χ1v) is 7.00. The number of carbonyl (C=O) groups is 2. The third-order valence-corrected chi connectivity index (χ3v) is 3.55. The van der Waals surface area contributed by atoms with Crippen molar-refractivity contribution in [3.8, 4) is 0 Å². The Bertz CT molecular complexity index is 444. The number of para-hydroxylation sites is 1. The largest absolute Gasteiger partial charge is 0.273 e. The van der Waals surface area contributed by atoms with Crippen molar-refractivity contribution in [2.75, 3.05) is 10.9 Å². The van der Waals surface area contributed by atoms with Crippen molar-refractivity contribution < 1.29 is 9.59 Å². The lowest BCUT2D eigenvalue weighted by Gasteiger charge is -2.24. The summed E-state index contributed by atoms with van der Waals surface area (Å²) in [7, 11) is 0. The number of hydrogen-bond donors (Lipinski definition) is 1. The molecule has 1 saturated carbocycles. The minimum Gasteiger partial charge on any atom is -0.273 e. The molecule has 1 aliphatic carbocycles. The van der Waals surface area contributed by atoms with Gasteiger partial charge in [-0.2, -0.15) is 0 Å². The zero-order valence-corrected chi connectivity index (χ0v) is 11.4. The summed E-state index contributed by atoms with van der Waals surface area (Å²) in [5.41, 5.74) is 3.31. The van der Waals surface area contributed by atoms with Gasteiger partial charge in [-0.05, 0) is 25.0 Å². The Balaban J connectivity index is 2.10. The number of alkyl halides is 1. The van der Waals surface area contributed by atoms with Gasteiger partial charge in [0.15, 0.2) is 0 Å². The fourth-order valence-electron chi connectivity index (χ4n) is 2.30. The molecule has 1 aromatic carbocycles. The highest BCUT2D eigenvalue weighted by molar-refractivity contribution is 6.29. The lowest BCUT2D eigenvalue weighted by Crippen LogP contribution is -2.49. The van der Waals surface area contributed by atoms with Gasteiger partial charge in [-0.3, -0.25) is 15.0 Å². The zero-order valence-electron chi connectivity index (χ0n) is 10.6. The van der Waals surface area contributed by atoms with Crippen LogP contribution in [0.1, 0.15) is 25.7 Å². The topological polar surface area (TPSA) is 49.4 Å². The van der Waals surface area contributed by atoms with Crippen molar-refractivity contribution in [3.05, 3.63) is 30.3 Å². The molecule has 0 aromatic heterocycles. The van der Waals surface area contributed by atoms with Gasteiger partial charge in [-0.15, -0.1) is 11.6 Å². The first-order valence-electron chi connectivity index (χ1n) is 6.47. The monoisotopic (exact) mass is 280 g/mol. The van der Waals surface area contributed by atoms with E-state index in [-0.39, 0.29) is 23.6 Å². The number of amides is 2. The number of nitrogens with zero attached hydrogens (tertiary/aromatic N) is 1. The number of hydrogen-bond acceptors (Lipinski definition) is 2. The fourth-order valence-corrected chi connectivity index (χ4v) is 2.42. The Morgan fingerprint density at radius 3 is 2.42 bits per heavy atom. The maximum Gasteiger partial charge on any atom is 0.260 e. The smallest absolute Gasteiger partial charge is 0.260 e. The van der Waals surface area contributed by atoms with Gasteiger partial charge in [0.05, 0.1) is 5.69 Å². The van der Waals surface area contributed by atoms with Gasteiger partial charge in [0, 0.05) is 5.92 Å². The van der Waals surface area contributed by atoms with Crippen LogP contribution in [-0.4, -0.2) is 17.7 Å². The Kier molecular flexibility index (Phi) is 4.80. The average Bonchev–Trinajstić information content (AvgIpc) is 2.99. The summed E-state index contributed by atoms with van der Waals surface area (Å²) in [5, 5.41) is 1.24. The molecule has 0 saturated heterocycles. The molecule has 1 aliphatic rings. The molecule has 0 spiro atoms. The second-order valence-electron chi connectivity index (χ2n) is 4.66. The van der Waals surface area contributed by atoms with Crippen LogP contribution in [-0.2, 0) is 9.59 Å². The Morgan fingerprint density at radius 2 is 1.84 bits per heavy atom. The van der Waals surface area contributed by atoms with Crippen LogP contribution in [0.25, 0.3) is 0 Å². The predicted molar refractivity (Wildman–Crippen MR) is 74.7 cm³/mol. The molecule has 1 fully saturated rings. The Hall–Kier alpha value is -1.55. The summed E-state index contributed by atoms with van der Waals surface area (Å²) in [5.74, 6) is -0.590. The molecular formula is C14H17ClN2O2. The average molecular weight is 281 g/mol. The van der Waals surface area contributed by atoms with Gasteiger partial charge < -0.3 is 0 Å². The molecule has 0 heterocycles. The number of halogens is 1. The number of benzene rings is 1. The molecule has 0 atom stereocenters. The highest BCUT2D eigenvalue weighted by atomic mass is 35.5. The van der Waals surface area contributed by atoms with E-state index < -0.39 is 0 Å². The number of hydrazine groups is 1. The van der Waals surface area contributed by atoms with Crippen LogP contribution in [0.5, 0.6) is 0 Å². The molecule has 1 N–H and O–H groups in total. The van der Waals surface area contributed by atoms with Crippen LogP contribution in [0.2, 0.25) is 0 Å². The second-order valence-corrected chi connectivity index (χ2v) is 4.92. The lowest BCUT2D eigenvalue weighted by molar-refractivity contribution is -0.128. The molecule has 0 unspecified atom stereocenters. The Labute approximate surface area is 117 Å². The quantitative estimate of drug-likeness (QED) is 0.683. The van der Waals surface area contributed by atoms with E-state index in [0.29, 0.717) is 5.69 Å². The van der Waals surface area contributed by atoms with Gasteiger partial charge in [0.25, 0.3) is 5.91 Å². The van der Waals surface area contributed by atoms with E-state index in [1.165, 1.54) is 5.01 Å². The summed E-state index contributed by atoms with van der Waals surface area (Å²) in [4.78, 5) is 23.9. The number of anilines is 1. The highest BCUT2D eigenvalue weighted by Gasteiger charge is 2.26. The van der Waals surface area contributed by atoms with E-state index in [4.69, 9.17) is 11.6 Å². The van der Waals surface area contributed by atoms with Crippen LogP contribution < -0.4 is 10.4 Å². The van der Waals surface area contributed by atoms with Crippen LogP contribution in [0.3, 0.4) is 0 Å². The maximum absolute atomic E-state index is 12.1. The summed E-state index contributed by atoms with van der Waals surface area (Å²) in [6.45, 7) is 0. The van der Waals surface area contributed by atoms with E-state index >= 15 is 0 Å². The molecule has 4 nitrogen and oxygen atoms in total. The van der Waals surface area contributed by atoms with Crippen molar-refractivity contribution in [2.45, 2.75) is 25.7 Å². The van der Waals surface area contributed by atoms with Crippen LogP contribution in [0.15, 0.2) is 30.3 Å². The first-order chi connectivity index (χ1) is 9.22. The van der Waals surface area contributed by atoms with E-state index in [1.54, 1.807) is 12.1 Å². The van der Waals surface area contributed by atoms with Gasteiger partial charge in [0.2, 0.25) is 5.91 Å².